The van der Waals surface area contributed by atoms with Gasteiger partial charge in [-0.3, -0.25) is 0 Å². The molecule has 41 heavy (non-hydrogen) atoms. The summed E-state index contributed by atoms with van der Waals surface area (Å²) in [5.74, 6) is 0. The van der Waals surface area contributed by atoms with Gasteiger partial charge in [-0.15, -0.1) is 0 Å². The SMILES string of the molecule is CCCCCCCC/C=C\CCCCCCCC[N+](CC)(CC)CCCCCCCC/C=C\CCCCCCCC. The number of nitrogens with zero attached hydrogens (tertiary/aromatic N) is 1. The van der Waals surface area contributed by atoms with E-state index in [9.17, 15) is 0 Å². The van der Waals surface area contributed by atoms with E-state index in [0.29, 0.717) is 0 Å². The number of rotatable bonds is 34. The molecule has 0 atom stereocenters. The minimum Gasteiger partial charge on any atom is -0.324 e. The summed E-state index contributed by atoms with van der Waals surface area (Å²) in [6.45, 7) is 14.9. The Bertz CT molecular complexity index is 485. The predicted octanol–water partition coefficient (Wildman–Crippen LogP) is 13.9. The highest BCUT2D eigenvalue weighted by Crippen LogP contribution is 2.16. The van der Waals surface area contributed by atoms with Gasteiger partial charge in [-0.1, -0.05) is 141 Å². The maximum absolute atomic E-state index is 2.45. The lowest BCUT2D eigenvalue weighted by Crippen LogP contribution is -2.49. The third-order valence-electron chi connectivity index (χ3n) is 9.63. The van der Waals surface area contributed by atoms with Crippen LogP contribution in [0.3, 0.4) is 0 Å². The van der Waals surface area contributed by atoms with E-state index in [1.807, 2.05) is 0 Å². The predicted molar refractivity (Wildman–Crippen MR) is 190 cm³/mol. The molecule has 0 spiro atoms. The highest BCUT2D eigenvalue weighted by Gasteiger charge is 2.21. The summed E-state index contributed by atoms with van der Waals surface area (Å²) in [7, 11) is 0. The summed E-state index contributed by atoms with van der Waals surface area (Å²) < 4.78 is 1.37. The molecule has 0 N–H and O–H groups in total. The molecular weight excluding hydrogens is 494 g/mol. The molecule has 0 amide bonds. The van der Waals surface area contributed by atoms with Crippen molar-refractivity contribution in [3.05, 3.63) is 24.3 Å². The summed E-state index contributed by atoms with van der Waals surface area (Å²) in [6.07, 6.45) is 49.2. The van der Waals surface area contributed by atoms with E-state index >= 15 is 0 Å². The van der Waals surface area contributed by atoms with Crippen molar-refractivity contribution < 1.29 is 4.48 Å². The first-order chi connectivity index (χ1) is 20.2. The Morgan fingerprint density at radius 1 is 0.293 bits per heavy atom. The Balaban J connectivity index is 3.60. The van der Waals surface area contributed by atoms with Crippen molar-refractivity contribution in [1.82, 2.24) is 0 Å². The smallest absolute Gasteiger partial charge is 0.0786 e. The van der Waals surface area contributed by atoms with Crippen LogP contribution in [0.15, 0.2) is 24.3 Å². The first-order valence-corrected chi connectivity index (χ1v) is 19.4. The first-order valence-electron chi connectivity index (χ1n) is 19.4. The Hall–Kier alpha value is -0.560. The molecule has 0 unspecified atom stereocenters. The Morgan fingerprint density at radius 2 is 0.537 bits per heavy atom. The fourth-order valence-corrected chi connectivity index (χ4v) is 6.36. The zero-order chi connectivity index (χ0) is 30.0. The molecule has 0 aliphatic carbocycles. The molecule has 0 aliphatic rings. The van der Waals surface area contributed by atoms with Gasteiger partial charge in [-0.25, -0.2) is 0 Å². The Kier molecular flexibility index (Phi) is 33.5. The molecule has 0 saturated heterocycles. The molecule has 0 aromatic carbocycles. The molecule has 0 bridgehead atoms. The summed E-state index contributed by atoms with van der Waals surface area (Å²) in [5.41, 5.74) is 0. The van der Waals surface area contributed by atoms with Crippen molar-refractivity contribution in [3.8, 4) is 0 Å². The van der Waals surface area contributed by atoms with Gasteiger partial charge in [0, 0.05) is 0 Å². The molecule has 1 heteroatoms. The van der Waals surface area contributed by atoms with Gasteiger partial charge >= 0.3 is 0 Å². The molecular formula is C40H80N+. The van der Waals surface area contributed by atoms with Crippen molar-refractivity contribution >= 4 is 0 Å². The van der Waals surface area contributed by atoms with Gasteiger partial charge in [0.05, 0.1) is 26.2 Å². The van der Waals surface area contributed by atoms with Crippen LogP contribution in [0.2, 0.25) is 0 Å². The summed E-state index contributed by atoms with van der Waals surface area (Å²) in [4.78, 5) is 0. The van der Waals surface area contributed by atoms with Crippen molar-refractivity contribution in [2.75, 3.05) is 26.2 Å². The van der Waals surface area contributed by atoms with Crippen molar-refractivity contribution in [2.24, 2.45) is 0 Å². The molecule has 0 rings (SSSR count). The lowest BCUT2D eigenvalue weighted by Gasteiger charge is -2.37. The van der Waals surface area contributed by atoms with Gasteiger partial charge in [0.15, 0.2) is 0 Å². The van der Waals surface area contributed by atoms with E-state index in [1.54, 1.807) is 0 Å². The largest absolute Gasteiger partial charge is 0.324 e. The maximum Gasteiger partial charge on any atom is 0.0786 e. The van der Waals surface area contributed by atoms with Crippen LogP contribution in [0.25, 0.3) is 0 Å². The van der Waals surface area contributed by atoms with E-state index < -0.39 is 0 Å². The fraction of sp³-hybridized carbons (Fsp3) is 0.900. The quantitative estimate of drug-likeness (QED) is 0.0407. The highest BCUT2D eigenvalue weighted by molar-refractivity contribution is 4.82. The molecule has 0 saturated carbocycles. The summed E-state index contributed by atoms with van der Waals surface area (Å²) >= 11 is 0. The fourth-order valence-electron chi connectivity index (χ4n) is 6.36. The van der Waals surface area contributed by atoms with Gasteiger partial charge in [0.1, 0.15) is 0 Å². The molecule has 0 aromatic rings. The van der Waals surface area contributed by atoms with Crippen molar-refractivity contribution in [2.45, 2.75) is 207 Å². The minimum absolute atomic E-state index is 1.30. The van der Waals surface area contributed by atoms with Crippen LogP contribution in [-0.2, 0) is 0 Å². The molecule has 1 nitrogen and oxygen atoms in total. The van der Waals surface area contributed by atoms with E-state index in [4.69, 9.17) is 0 Å². The number of hydrogen-bond acceptors (Lipinski definition) is 0. The van der Waals surface area contributed by atoms with Crippen LogP contribution in [0.4, 0.5) is 0 Å². The van der Waals surface area contributed by atoms with Gasteiger partial charge in [-0.05, 0) is 90.9 Å². The Labute approximate surface area is 262 Å². The third kappa shape index (κ3) is 29.3. The summed E-state index contributed by atoms with van der Waals surface area (Å²) in [6, 6.07) is 0. The minimum atomic E-state index is 1.30. The second kappa shape index (κ2) is 33.9. The molecule has 244 valence electrons. The topological polar surface area (TPSA) is 0 Å². The van der Waals surface area contributed by atoms with Crippen molar-refractivity contribution in [3.63, 3.8) is 0 Å². The average molecular weight is 575 g/mol. The number of unbranched alkanes of at least 4 members (excludes halogenated alkanes) is 24. The van der Waals surface area contributed by atoms with E-state index in [1.165, 1.54) is 210 Å². The van der Waals surface area contributed by atoms with E-state index in [2.05, 4.69) is 52.0 Å². The standard InChI is InChI=1S/C40H80N/c1-5-9-11-13-15-17-19-21-23-25-27-29-31-33-35-37-39-41(7-3,8-4)40-38-36-34-32-30-28-26-24-22-20-18-16-14-12-10-6-2/h21-24H,5-20,25-40H2,1-4H3/q+1/b23-21-,24-22-. The van der Waals surface area contributed by atoms with Crippen molar-refractivity contribution in [1.29, 1.82) is 0 Å². The first kappa shape index (κ1) is 40.4. The Morgan fingerprint density at radius 3 is 0.805 bits per heavy atom. The van der Waals surface area contributed by atoms with Crippen LogP contribution in [-0.4, -0.2) is 30.7 Å². The normalized spacial score (nSPS) is 12.4. The van der Waals surface area contributed by atoms with Gasteiger partial charge in [-0.2, -0.15) is 0 Å². The van der Waals surface area contributed by atoms with Gasteiger partial charge in [0.2, 0.25) is 0 Å². The van der Waals surface area contributed by atoms with Crippen LogP contribution in [0.1, 0.15) is 207 Å². The lowest BCUT2D eigenvalue weighted by molar-refractivity contribution is -0.925. The highest BCUT2D eigenvalue weighted by atomic mass is 15.3. The van der Waals surface area contributed by atoms with Crippen LogP contribution >= 0.6 is 0 Å². The van der Waals surface area contributed by atoms with E-state index in [0.717, 1.165) is 0 Å². The molecule has 0 fully saturated rings. The van der Waals surface area contributed by atoms with Crippen LogP contribution < -0.4 is 0 Å². The number of allylic oxidation sites excluding steroid dienone is 4. The maximum atomic E-state index is 2.45. The third-order valence-corrected chi connectivity index (χ3v) is 9.63. The zero-order valence-electron chi connectivity index (χ0n) is 29.4. The number of quaternary nitrogens is 1. The molecule has 0 radical (unpaired) electrons. The van der Waals surface area contributed by atoms with Gasteiger partial charge < -0.3 is 4.48 Å². The zero-order valence-corrected chi connectivity index (χ0v) is 29.4. The second-order valence-corrected chi connectivity index (χ2v) is 13.3. The monoisotopic (exact) mass is 575 g/mol. The lowest BCUT2D eigenvalue weighted by atomic mass is 10.1. The molecule has 0 aliphatic heterocycles. The number of hydrogen-bond donors (Lipinski definition) is 0. The molecule has 0 aromatic heterocycles. The van der Waals surface area contributed by atoms with E-state index in [-0.39, 0.29) is 0 Å². The second-order valence-electron chi connectivity index (χ2n) is 13.3. The van der Waals surface area contributed by atoms with Crippen LogP contribution in [0.5, 0.6) is 0 Å². The van der Waals surface area contributed by atoms with Gasteiger partial charge in [0.25, 0.3) is 0 Å². The van der Waals surface area contributed by atoms with Crippen LogP contribution in [0, 0.1) is 0 Å². The molecule has 0 heterocycles. The average Bonchev–Trinajstić information content (AvgIpc) is 2.99. The summed E-state index contributed by atoms with van der Waals surface area (Å²) in [5, 5.41) is 0.